The van der Waals surface area contributed by atoms with Gasteiger partial charge >= 0.3 is 0 Å². The molecule has 1 aromatic carbocycles. The Balaban J connectivity index is 1.44. The number of carbonyl (C=O) groups excluding carboxylic acids is 1. The number of hydrogen-bond acceptors (Lipinski definition) is 7. The molecule has 2 aromatic heterocycles. The summed E-state index contributed by atoms with van der Waals surface area (Å²) in [7, 11) is 0. The maximum Gasteiger partial charge on any atom is 0.234 e. The molecule has 9 heteroatoms. The fourth-order valence-electron chi connectivity index (χ4n) is 2.71. The van der Waals surface area contributed by atoms with Gasteiger partial charge in [0.05, 0.1) is 11.4 Å². The van der Waals surface area contributed by atoms with Gasteiger partial charge < -0.3 is 19.4 Å². The smallest absolute Gasteiger partial charge is 0.234 e. The molecule has 3 aromatic rings. The number of ether oxygens (including phenoxy) is 2. The number of thioether (sulfide) groups is 1. The van der Waals surface area contributed by atoms with E-state index in [4.69, 9.17) is 9.47 Å². The average molecular weight is 383 g/mol. The van der Waals surface area contributed by atoms with E-state index >= 15 is 0 Å². The zero-order valence-corrected chi connectivity index (χ0v) is 15.4. The van der Waals surface area contributed by atoms with Crippen LogP contribution in [-0.2, 0) is 11.3 Å². The van der Waals surface area contributed by atoms with Crippen molar-refractivity contribution in [3.05, 3.63) is 42.6 Å². The lowest BCUT2D eigenvalue weighted by atomic mass is 10.2. The fourth-order valence-corrected chi connectivity index (χ4v) is 3.51. The quantitative estimate of drug-likeness (QED) is 0.655. The largest absolute Gasteiger partial charge is 0.454 e. The molecule has 8 nitrogen and oxygen atoms in total. The van der Waals surface area contributed by atoms with Gasteiger partial charge in [0.25, 0.3) is 0 Å². The second kappa shape index (κ2) is 7.67. The van der Waals surface area contributed by atoms with E-state index in [0.717, 1.165) is 5.69 Å². The molecule has 1 aliphatic rings. The number of pyridine rings is 1. The monoisotopic (exact) mass is 383 g/mol. The van der Waals surface area contributed by atoms with Crippen molar-refractivity contribution in [3.8, 4) is 23.0 Å². The number of nitrogens with one attached hydrogen (secondary N) is 1. The van der Waals surface area contributed by atoms with Crippen LogP contribution in [0.5, 0.6) is 11.5 Å². The SMILES string of the molecule is CCn1c(SCC(=O)Nc2cccc3c2OCO3)nnc1-c1ccccn1. The van der Waals surface area contributed by atoms with Gasteiger partial charge in [-0.15, -0.1) is 10.2 Å². The Bertz CT molecular complexity index is 961. The molecular weight excluding hydrogens is 366 g/mol. The molecule has 3 heterocycles. The van der Waals surface area contributed by atoms with Crippen molar-refractivity contribution in [1.82, 2.24) is 19.7 Å². The van der Waals surface area contributed by atoms with Crippen molar-refractivity contribution in [2.45, 2.75) is 18.6 Å². The number of anilines is 1. The number of benzene rings is 1. The summed E-state index contributed by atoms with van der Waals surface area (Å²) >= 11 is 1.33. The number of aromatic nitrogens is 4. The molecule has 0 unspecified atom stereocenters. The van der Waals surface area contributed by atoms with Gasteiger partial charge in [0, 0.05) is 12.7 Å². The summed E-state index contributed by atoms with van der Waals surface area (Å²) in [5.74, 6) is 1.92. The van der Waals surface area contributed by atoms with Gasteiger partial charge in [-0.05, 0) is 31.2 Å². The molecule has 1 amide bonds. The van der Waals surface area contributed by atoms with Crippen LogP contribution in [0.15, 0.2) is 47.8 Å². The van der Waals surface area contributed by atoms with Crippen LogP contribution in [0, 0.1) is 0 Å². The van der Waals surface area contributed by atoms with E-state index in [1.165, 1.54) is 11.8 Å². The van der Waals surface area contributed by atoms with E-state index in [-0.39, 0.29) is 18.5 Å². The van der Waals surface area contributed by atoms with Crippen molar-refractivity contribution in [2.24, 2.45) is 0 Å². The normalized spacial score (nSPS) is 12.2. The zero-order chi connectivity index (χ0) is 18.6. The minimum atomic E-state index is -0.158. The zero-order valence-electron chi connectivity index (χ0n) is 14.6. The highest BCUT2D eigenvalue weighted by Crippen LogP contribution is 2.38. The van der Waals surface area contributed by atoms with Crippen LogP contribution in [-0.4, -0.2) is 38.2 Å². The Labute approximate surface area is 159 Å². The van der Waals surface area contributed by atoms with Crippen molar-refractivity contribution in [2.75, 3.05) is 17.9 Å². The lowest BCUT2D eigenvalue weighted by Gasteiger charge is -2.09. The summed E-state index contributed by atoms with van der Waals surface area (Å²) in [4.78, 5) is 16.7. The van der Waals surface area contributed by atoms with E-state index < -0.39 is 0 Å². The summed E-state index contributed by atoms with van der Waals surface area (Å²) < 4.78 is 12.7. The average Bonchev–Trinajstić information content (AvgIpc) is 3.34. The van der Waals surface area contributed by atoms with Crippen LogP contribution >= 0.6 is 11.8 Å². The van der Waals surface area contributed by atoms with Crippen LogP contribution in [0.3, 0.4) is 0 Å². The molecule has 0 saturated carbocycles. The van der Waals surface area contributed by atoms with Gasteiger partial charge in [-0.2, -0.15) is 0 Å². The first kappa shape index (κ1) is 17.3. The maximum absolute atomic E-state index is 12.4. The standard InChI is InChI=1S/C18H17N5O3S/c1-2-23-17(13-6-3-4-9-19-13)21-22-18(23)27-10-15(24)20-12-7-5-8-14-16(12)26-11-25-14/h3-9H,2,10-11H2,1H3,(H,20,24). The Morgan fingerprint density at radius 1 is 1.22 bits per heavy atom. The van der Waals surface area contributed by atoms with Crippen LogP contribution in [0.4, 0.5) is 5.69 Å². The van der Waals surface area contributed by atoms with Gasteiger partial charge in [0.15, 0.2) is 22.5 Å². The number of fused-ring (bicyclic) bond motifs is 1. The number of amides is 1. The van der Waals surface area contributed by atoms with E-state index in [1.54, 1.807) is 18.3 Å². The first-order valence-corrected chi connectivity index (χ1v) is 9.40. The van der Waals surface area contributed by atoms with E-state index in [1.807, 2.05) is 35.8 Å². The summed E-state index contributed by atoms with van der Waals surface area (Å²) in [6.07, 6.45) is 1.72. The Morgan fingerprint density at radius 3 is 2.96 bits per heavy atom. The van der Waals surface area contributed by atoms with Gasteiger partial charge in [-0.25, -0.2) is 0 Å². The lowest BCUT2D eigenvalue weighted by molar-refractivity contribution is -0.113. The van der Waals surface area contributed by atoms with E-state index in [0.29, 0.717) is 34.7 Å². The summed E-state index contributed by atoms with van der Waals surface area (Å²) in [5.41, 5.74) is 1.35. The highest BCUT2D eigenvalue weighted by atomic mass is 32.2. The Kier molecular flexibility index (Phi) is 4.93. The Hall–Kier alpha value is -3.07. The van der Waals surface area contributed by atoms with Gasteiger partial charge in [0.1, 0.15) is 5.69 Å². The Morgan fingerprint density at radius 2 is 2.15 bits per heavy atom. The number of carbonyl (C=O) groups is 1. The van der Waals surface area contributed by atoms with Crippen molar-refractivity contribution >= 4 is 23.4 Å². The predicted octanol–water partition coefficient (Wildman–Crippen LogP) is 2.82. The third kappa shape index (κ3) is 3.59. The number of nitrogens with zero attached hydrogens (tertiary/aromatic N) is 4. The van der Waals surface area contributed by atoms with E-state index in [2.05, 4.69) is 20.5 Å². The van der Waals surface area contributed by atoms with Crippen molar-refractivity contribution in [3.63, 3.8) is 0 Å². The molecular formula is C18H17N5O3S. The highest BCUT2D eigenvalue weighted by Gasteiger charge is 2.19. The predicted molar refractivity (Wildman–Crippen MR) is 101 cm³/mol. The molecule has 4 rings (SSSR count). The van der Waals surface area contributed by atoms with Gasteiger partial charge in [0.2, 0.25) is 12.7 Å². The van der Waals surface area contributed by atoms with Gasteiger partial charge in [-0.3, -0.25) is 9.78 Å². The maximum atomic E-state index is 12.4. The fraction of sp³-hybridized carbons (Fsp3) is 0.222. The first-order valence-electron chi connectivity index (χ1n) is 8.42. The van der Waals surface area contributed by atoms with Crippen LogP contribution in [0.25, 0.3) is 11.5 Å². The first-order chi connectivity index (χ1) is 13.3. The molecule has 1 N–H and O–H groups in total. The topological polar surface area (TPSA) is 91.2 Å². The number of hydrogen-bond donors (Lipinski definition) is 1. The molecule has 1 aliphatic heterocycles. The molecule has 0 aliphatic carbocycles. The summed E-state index contributed by atoms with van der Waals surface area (Å²) in [5, 5.41) is 12.0. The second-order valence-electron chi connectivity index (χ2n) is 5.64. The highest BCUT2D eigenvalue weighted by molar-refractivity contribution is 7.99. The minimum absolute atomic E-state index is 0.158. The van der Waals surface area contributed by atoms with Crippen LogP contribution < -0.4 is 14.8 Å². The molecule has 0 bridgehead atoms. The molecule has 138 valence electrons. The number of rotatable bonds is 6. The lowest BCUT2D eigenvalue weighted by Crippen LogP contribution is -2.15. The molecule has 27 heavy (non-hydrogen) atoms. The molecule has 0 radical (unpaired) electrons. The third-order valence-electron chi connectivity index (χ3n) is 3.93. The van der Waals surface area contributed by atoms with Crippen LogP contribution in [0.2, 0.25) is 0 Å². The summed E-state index contributed by atoms with van der Waals surface area (Å²) in [6, 6.07) is 11.0. The van der Waals surface area contributed by atoms with Crippen LogP contribution in [0.1, 0.15) is 6.92 Å². The molecule has 0 spiro atoms. The van der Waals surface area contributed by atoms with Crippen molar-refractivity contribution < 1.29 is 14.3 Å². The molecule has 0 saturated heterocycles. The second-order valence-corrected chi connectivity index (χ2v) is 6.58. The molecule has 0 atom stereocenters. The third-order valence-corrected chi connectivity index (χ3v) is 4.90. The number of para-hydroxylation sites is 1. The van der Waals surface area contributed by atoms with Crippen molar-refractivity contribution in [1.29, 1.82) is 0 Å². The minimum Gasteiger partial charge on any atom is -0.454 e. The van der Waals surface area contributed by atoms with E-state index in [9.17, 15) is 4.79 Å². The summed E-state index contributed by atoms with van der Waals surface area (Å²) in [6.45, 7) is 2.84. The molecule has 0 fully saturated rings. The van der Waals surface area contributed by atoms with Gasteiger partial charge in [-0.1, -0.05) is 23.9 Å².